The molecule has 1 aliphatic rings. The summed E-state index contributed by atoms with van der Waals surface area (Å²) in [6.07, 6.45) is 1.42. The molecule has 1 heterocycles. The Morgan fingerprint density at radius 3 is 2.72 bits per heavy atom. The van der Waals surface area contributed by atoms with Crippen molar-refractivity contribution in [3.05, 3.63) is 0 Å². The van der Waals surface area contributed by atoms with Crippen molar-refractivity contribution >= 4 is 12.0 Å². The second kappa shape index (κ2) is 6.58. The van der Waals surface area contributed by atoms with Gasteiger partial charge in [-0.3, -0.25) is 0 Å². The molecule has 0 bridgehead atoms. The van der Waals surface area contributed by atoms with E-state index in [9.17, 15) is 9.59 Å². The maximum absolute atomic E-state index is 12.1. The van der Waals surface area contributed by atoms with E-state index in [2.05, 4.69) is 0 Å². The molecule has 1 rings (SSSR count). The van der Waals surface area contributed by atoms with Crippen molar-refractivity contribution in [3.8, 4) is 0 Å². The van der Waals surface area contributed by atoms with Crippen LogP contribution in [0.5, 0.6) is 0 Å². The monoisotopic (exact) mass is 258 g/mol. The Kier molecular flexibility index (Phi) is 5.40. The van der Waals surface area contributed by atoms with Crippen LogP contribution in [0.15, 0.2) is 0 Å². The molecule has 18 heavy (non-hydrogen) atoms. The molecule has 104 valence electrons. The van der Waals surface area contributed by atoms with Gasteiger partial charge in [0, 0.05) is 20.1 Å². The van der Waals surface area contributed by atoms with Crippen molar-refractivity contribution in [2.24, 2.45) is 0 Å². The number of amides is 2. The average Bonchev–Trinajstić information content (AvgIpc) is 2.76. The van der Waals surface area contributed by atoms with Gasteiger partial charge in [0.2, 0.25) is 0 Å². The van der Waals surface area contributed by atoms with Gasteiger partial charge >= 0.3 is 12.0 Å². The molecule has 0 aliphatic carbocycles. The number of nitrogens with zero attached hydrogens (tertiary/aromatic N) is 2. The number of carboxylic acid groups (broad SMARTS) is 1. The number of likely N-dealkylation sites (N-methyl/N-ethyl adjacent to an activating group) is 1. The molecule has 0 saturated carbocycles. The molecule has 0 aromatic carbocycles. The first kappa shape index (κ1) is 14.8. The fourth-order valence-electron chi connectivity index (χ4n) is 1.99. The summed E-state index contributed by atoms with van der Waals surface area (Å²) in [4.78, 5) is 26.0. The van der Waals surface area contributed by atoms with Crippen LogP contribution in [0.2, 0.25) is 0 Å². The maximum atomic E-state index is 12.1. The Morgan fingerprint density at radius 2 is 2.17 bits per heavy atom. The van der Waals surface area contributed by atoms with E-state index in [4.69, 9.17) is 9.84 Å². The molecule has 0 unspecified atom stereocenters. The SMILES string of the molecule is CC(C)OCCN(C)C(=O)N1CCC[C@H]1C(=O)O. The summed E-state index contributed by atoms with van der Waals surface area (Å²) in [7, 11) is 1.67. The number of urea groups is 1. The zero-order valence-electron chi connectivity index (χ0n) is 11.3. The summed E-state index contributed by atoms with van der Waals surface area (Å²) in [5, 5.41) is 9.03. The smallest absolute Gasteiger partial charge is 0.326 e. The number of hydrogen-bond donors (Lipinski definition) is 1. The predicted molar refractivity (Wildman–Crippen MR) is 66.5 cm³/mol. The highest BCUT2D eigenvalue weighted by Crippen LogP contribution is 2.18. The maximum Gasteiger partial charge on any atom is 0.326 e. The number of likely N-dealkylation sites (tertiary alicyclic amines) is 1. The third-order valence-electron chi connectivity index (χ3n) is 2.99. The number of ether oxygens (including phenoxy) is 1. The van der Waals surface area contributed by atoms with E-state index >= 15 is 0 Å². The first-order chi connectivity index (χ1) is 8.43. The molecular formula is C12H22N2O4. The van der Waals surface area contributed by atoms with E-state index in [1.165, 1.54) is 9.80 Å². The Bertz CT molecular complexity index is 306. The summed E-state index contributed by atoms with van der Waals surface area (Å²) in [6, 6.07) is -0.904. The minimum atomic E-state index is -0.923. The number of hydrogen-bond acceptors (Lipinski definition) is 3. The van der Waals surface area contributed by atoms with E-state index < -0.39 is 12.0 Å². The summed E-state index contributed by atoms with van der Waals surface area (Å²) in [5.74, 6) is -0.923. The van der Waals surface area contributed by atoms with Gasteiger partial charge in [-0.05, 0) is 26.7 Å². The van der Waals surface area contributed by atoms with Crippen molar-refractivity contribution in [3.63, 3.8) is 0 Å². The molecule has 0 aromatic heterocycles. The van der Waals surface area contributed by atoms with Crippen molar-refractivity contribution in [2.75, 3.05) is 26.7 Å². The van der Waals surface area contributed by atoms with E-state index in [-0.39, 0.29) is 12.1 Å². The van der Waals surface area contributed by atoms with Crippen LogP contribution in [-0.2, 0) is 9.53 Å². The number of aliphatic carboxylic acids is 1. The van der Waals surface area contributed by atoms with Crippen LogP contribution in [0.1, 0.15) is 26.7 Å². The Labute approximate surface area is 107 Å². The lowest BCUT2D eigenvalue weighted by atomic mass is 10.2. The van der Waals surface area contributed by atoms with Crippen LogP contribution in [0.4, 0.5) is 4.79 Å². The largest absolute Gasteiger partial charge is 0.480 e. The van der Waals surface area contributed by atoms with Crippen molar-refractivity contribution in [1.29, 1.82) is 0 Å². The van der Waals surface area contributed by atoms with Gasteiger partial charge in [0.1, 0.15) is 6.04 Å². The van der Waals surface area contributed by atoms with Crippen LogP contribution in [0, 0.1) is 0 Å². The normalized spacial score (nSPS) is 19.3. The van der Waals surface area contributed by atoms with Gasteiger partial charge in [-0.15, -0.1) is 0 Å². The first-order valence-corrected chi connectivity index (χ1v) is 6.29. The molecule has 6 heteroatoms. The van der Waals surface area contributed by atoms with Crippen LogP contribution >= 0.6 is 0 Å². The number of carbonyl (C=O) groups is 2. The summed E-state index contributed by atoms with van der Waals surface area (Å²) in [6.45, 7) is 5.32. The molecular weight excluding hydrogens is 236 g/mol. The molecule has 1 N–H and O–H groups in total. The molecule has 1 saturated heterocycles. The van der Waals surface area contributed by atoms with Crippen LogP contribution in [0.3, 0.4) is 0 Å². The van der Waals surface area contributed by atoms with Crippen LogP contribution in [0.25, 0.3) is 0 Å². The summed E-state index contributed by atoms with van der Waals surface area (Å²) >= 11 is 0. The minimum Gasteiger partial charge on any atom is -0.480 e. The van der Waals surface area contributed by atoms with Gasteiger partial charge in [-0.25, -0.2) is 9.59 Å². The van der Waals surface area contributed by atoms with E-state index in [1.807, 2.05) is 13.8 Å². The molecule has 6 nitrogen and oxygen atoms in total. The molecule has 1 atom stereocenters. The molecule has 0 aromatic rings. The third-order valence-corrected chi connectivity index (χ3v) is 2.99. The van der Waals surface area contributed by atoms with Gasteiger partial charge in [-0.1, -0.05) is 0 Å². The zero-order valence-corrected chi connectivity index (χ0v) is 11.3. The highest BCUT2D eigenvalue weighted by Gasteiger charge is 2.35. The predicted octanol–water partition coefficient (Wildman–Crippen LogP) is 1.01. The van der Waals surface area contributed by atoms with Gasteiger partial charge in [0.05, 0.1) is 12.7 Å². The number of rotatable bonds is 5. The number of carbonyl (C=O) groups excluding carboxylic acids is 1. The topological polar surface area (TPSA) is 70.1 Å². The van der Waals surface area contributed by atoms with Crippen molar-refractivity contribution < 1.29 is 19.4 Å². The van der Waals surface area contributed by atoms with Crippen LogP contribution < -0.4 is 0 Å². The van der Waals surface area contributed by atoms with Crippen LogP contribution in [-0.4, -0.2) is 65.8 Å². The molecule has 1 aliphatic heterocycles. The lowest BCUT2D eigenvalue weighted by Crippen LogP contribution is -2.47. The van der Waals surface area contributed by atoms with E-state index in [0.29, 0.717) is 26.1 Å². The third kappa shape index (κ3) is 3.87. The number of carboxylic acids is 1. The Hall–Kier alpha value is -1.30. The highest BCUT2D eigenvalue weighted by molar-refractivity contribution is 5.83. The van der Waals surface area contributed by atoms with Gasteiger partial charge in [-0.2, -0.15) is 0 Å². The molecule has 0 spiro atoms. The highest BCUT2D eigenvalue weighted by atomic mass is 16.5. The minimum absolute atomic E-state index is 0.132. The fraction of sp³-hybridized carbons (Fsp3) is 0.833. The lowest BCUT2D eigenvalue weighted by Gasteiger charge is -2.27. The van der Waals surface area contributed by atoms with Gasteiger partial charge < -0.3 is 19.6 Å². The van der Waals surface area contributed by atoms with E-state index in [1.54, 1.807) is 7.05 Å². The van der Waals surface area contributed by atoms with E-state index in [0.717, 1.165) is 6.42 Å². The molecule has 0 radical (unpaired) electrons. The Morgan fingerprint density at radius 1 is 1.50 bits per heavy atom. The lowest BCUT2D eigenvalue weighted by molar-refractivity contribution is -0.141. The standard InChI is InChI=1S/C12H22N2O4/c1-9(2)18-8-7-13(3)12(17)14-6-4-5-10(14)11(15)16/h9-10H,4-8H2,1-3H3,(H,15,16)/t10-/m0/s1. The van der Waals surface area contributed by atoms with Crippen molar-refractivity contribution in [2.45, 2.75) is 38.8 Å². The first-order valence-electron chi connectivity index (χ1n) is 6.29. The van der Waals surface area contributed by atoms with Crippen molar-refractivity contribution in [1.82, 2.24) is 9.80 Å². The van der Waals surface area contributed by atoms with Gasteiger partial charge in [0.25, 0.3) is 0 Å². The average molecular weight is 258 g/mol. The summed E-state index contributed by atoms with van der Waals surface area (Å²) in [5.41, 5.74) is 0. The van der Waals surface area contributed by atoms with Gasteiger partial charge in [0.15, 0.2) is 0 Å². The summed E-state index contributed by atoms with van der Waals surface area (Å²) < 4.78 is 5.37. The fourth-order valence-corrected chi connectivity index (χ4v) is 1.99. The molecule has 1 fully saturated rings. The second-order valence-electron chi connectivity index (χ2n) is 4.81. The molecule has 2 amide bonds. The second-order valence-corrected chi connectivity index (χ2v) is 4.81. The Balaban J connectivity index is 2.45. The quantitative estimate of drug-likeness (QED) is 0.799. The zero-order chi connectivity index (χ0) is 13.7.